The van der Waals surface area contributed by atoms with Gasteiger partial charge >= 0.3 is 0 Å². The topological polar surface area (TPSA) is 166 Å². The summed E-state index contributed by atoms with van der Waals surface area (Å²) in [4.78, 5) is 15.7. The van der Waals surface area contributed by atoms with Crippen LogP contribution in [0.4, 0.5) is 4.39 Å². The summed E-state index contributed by atoms with van der Waals surface area (Å²) in [5.74, 6) is -0.0822. The van der Waals surface area contributed by atoms with Gasteiger partial charge < -0.3 is 9.72 Å². The third-order valence-electron chi connectivity index (χ3n) is 6.28. The van der Waals surface area contributed by atoms with E-state index in [9.17, 15) is 21.2 Å². The van der Waals surface area contributed by atoms with E-state index >= 15 is 0 Å². The van der Waals surface area contributed by atoms with Gasteiger partial charge in [0.05, 0.1) is 54.4 Å². The van der Waals surface area contributed by atoms with Crippen LogP contribution in [0, 0.1) is 5.82 Å². The number of aromatic amines is 2. The van der Waals surface area contributed by atoms with E-state index in [0.29, 0.717) is 48.7 Å². The minimum absolute atomic E-state index is 0.0137. The van der Waals surface area contributed by atoms with Crippen LogP contribution in [0.1, 0.15) is 0 Å². The first kappa shape index (κ1) is 25.6. The number of imidazole rings is 1. The van der Waals surface area contributed by atoms with Crippen LogP contribution in [0.25, 0.3) is 55.7 Å². The van der Waals surface area contributed by atoms with Gasteiger partial charge in [0.15, 0.2) is 0 Å². The van der Waals surface area contributed by atoms with E-state index in [2.05, 4.69) is 30.1 Å². The predicted octanol–water partition coefficient (Wildman–Crippen LogP) is 3.39. The highest BCUT2D eigenvalue weighted by Crippen LogP contribution is 2.36. The third-order valence-corrected chi connectivity index (χ3v) is 8.38. The number of fused-ring (bicyclic) bond motifs is 2. The zero-order chi connectivity index (χ0) is 28.4. The second kappa shape index (κ2) is 8.96. The van der Waals surface area contributed by atoms with E-state index in [1.807, 2.05) is 6.07 Å². The number of methoxy groups -OCH3 is 1. The molecule has 0 amide bonds. The molecule has 0 bridgehead atoms. The average Bonchev–Trinajstić information content (AvgIpc) is 3.63. The number of hydrogen-bond donors (Lipinski definition) is 2. The van der Waals surface area contributed by atoms with Gasteiger partial charge in [0, 0.05) is 34.9 Å². The molecule has 6 rings (SSSR count). The first-order valence-electron chi connectivity index (χ1n) is 11.6. The van der Waals surface area contributed by atoms with E-state index in [-0.39, 0.29) is 11.4 Å². The maximum absolute atomic E-state index is 14.2. The first-order valence-corrected chi connectivity index (χ1v) is 15.3. The SMILES string of the molecule is COc1cc(F)cc(-c2cncc3[nH]c(-c4n[nH]c5cnc(-c6cnc(S(C)(=O)=O)n6S(C)(=O)=O)cc45)cc23)c1. The normalized spacial score (nSPS) is 12.4. The van der Waals surface area contributed by atoms with Gasteiger partial charge in [0.2, 0.25) is 25.0 Å². The number of nitrogens with one attached hydrogen (secondary N) is 2. The van der Waals surface area contributed by atoms with Gasteiger partial charge in [-0.2, -0.15) is 5.10 Å². The molecule has 6 aromatic rings. The molecule has 0 spiro atoms. The van der Waals surface area contributed by atoms with Crippen LogP contribution in [-0.4, -0.2) is 70.6 Å². The van der Waals surface area contributed by atoms with Gasteiger partial charge in [-0.05, 0) is 29.8 Å². The van der Waals surface area contributed by atoms with Gasteiger partial charge in [-0.3, -0.25) is 15.1 Å². The Labute approximate surface area is 226 Å². The maximum Gasteiger partial charge on any atom is 0.241 e. The van der Waals surface area contributed by atoms with Crippen molar-refractivity contribution in [3.63, 3.8) is 0 Å². The number of benzene rings is 1. The van der Waals surface area contributed by atoms with Gasteiger partial charge in [0.25, 0.3) is 0 Å². The molecule has 0 radical (unpaired) electrons. The smallest absolute Gasteiger partial charge is 0.241 e. The molecule has 5 heterocycles. The molecule has 0 unspecified atom stereocenters. The Kier molecular flexibility index (Phi) is 5.74. The Morgan fingerprint density at radius 1 is 0.900 bits per heavy atom. The van der Waals surface area contributed by atoms with Crippen molar-refractivity contribution < 1.29 is 26.0 Å². The molecule has 0 aliphatic rings. The van der Waals surface area contributed by atoms with Crippen molar-refractivity contribution in [1.82, 2.24) is 34.1 Å². The molecule has 0 saturated carbocycles. The van der Waals surface area contributed by atoms with Crippen LogP contribution in [0.5, 0.6) is 5.75 Å². The van der Waals surface area contributed by atoms with Crippen molar-refractivity contribution in [3.05, 3.63) is 60.9 Å². The van der Waals surface area contributed by atoms with Crippen LogP contribution < -0.4 is 4.74 Å². The molecular weight excluding hydrogens is 561 g/mol. The summed E-state index contributed by atoms with van der Waals surface area (Å²) < 4.78 is 69.6. The summed E-state index contributed by atoms with van der Waals surface area (Å²) in [5, 5.41) is 8.06. The van der Waals surface area contributed by atoms with Crippen LogP contribution in [0.15, 0.2) is 60.3 Å². The number of sulfone groups is 1. The summed E-state index contributed by atoms with van der Waals surface area (Å²) in [6.45, 7) is 0. The van der Waals surface area contributed by atoms with Crippen molar-refractivity contribution in [1.29, 1.82) is 0 Å². The van der Waals surface area contributed by atoms with Crippen molar-refractivity contribution in [2.24, 2.45) is 0 Å². The lowest BCUT2D eigenvalue weighted by molar-refractivity contribution is 0.411. The Bertz CT molecular complexity index is 2180. The van der Waals surface area contributed by atoms with Gasteiger partial charge in [-0.1, -0.05) is 0 Å². The highest BCUT2D eigenvalue weighted by atomic mass is 32.2. The lowest BCUT2D eigenvalue weighted by Gasteiger charge is -2.08. The largest absolute Gasteiger partial charge is 0.497 e. The number of rotatable bonds is 6. The zero-order valence-electron chi connectivity index (χ0n) is 21.2. The Hall–Kier alpha value is -4.63. The summed E-state index contributed by atoms with van der Waals surface area (Å²) in [6, 6.07) is 7.84. The summed E-state index contributed by atoms with van der Waals surface area (Å²) in [7, 11) is -6.54. The van der Waals surface area contributed by atoms with E-state index in [0.717, 1.165) is 24.1 Å². The van der Waals surface area contributed by atoms with Crippen molar-refractivity contribution in [2.75, 3.05) is 19.6 Å². The number of pyridine rings is 2. The number of halogens is 1. The van der Waals surface area contributed by atoms with E-state index in [1.54, 1.807) is 24.5 Å². The average molecular weight is 582 g/mol. The summed E-state index contributed by atoms with van der Waals surface area (Å²) in [6.07, 6.45) is 7.65. The Morgan fingerprint density at radius 3 is 2.42 bits per heavy atom. The third kappa shape index (κ3) is 4.28. The molecule has 0 atom stereocenters. The van der Waals surface area contributed by atoms with Crippen molar-refractivity contribution >= 4 is 41.7 Å². The van der Waals surface area contributed by atoms with Crippen LogP contribution in [0.2, 0.25) is 0 Å². The number of nitrogens with zero attached hydrogens (tertiary/aromatic N) is 5. The molecule has 40 heavy (non-hydrogen) atoms. The summed E-state index contributed by atoms with van der Waals surface area (Å²) >= 11 is 0. The molecule has 0 fully saturated rings. The van der Waals surface area contributed by atoms with E-state index in [4.69, 9.17) is 4.74 Å². The number of ether oxygens (including phenoxy) is 1. The van der Waals surface area contributed by atoms with Crippen LogP contribution in [0.3, 0.4) is 0 Å². The highest BCUT2D eigenvalue weighted by Gasteiger charge is 2.27. The second-order valence-electron chi connectivity index (χ2n) is 9.12. The Balaban J connectivity index is 1.52. The second-order valence-corrected chi connectivity index (χ2v) is 12.9. The highest BCUT2D eigenvalue weighted by molar-refractivity contribution is 7.92. The molecular formula is C25H20FN7O5S2. The molecule has 5 aromatic heterocycles. The molecule has 0 saturated heterocycles. The summed E-state index contributed by atoms with van der Waals surface area (Å²) in [5.41, 5.74) is 3.73. The van der Waals surface area contributed by atoms with E-state index < -0.39 is 30.8 Å². The minimum Gasteiger partial charge on any atom is -0.497 e. The van der Waals surface area contributed by atoms with Gasteiger partial charge in [0.1, 0.15) is 23.0 Å². The first-order chi connectivity index (χ1) is 18.9. The number of hydrogen-bond acceptors (Lipinski definition) is 9. The van der Waals surface area contributed by atoms with Crippen molar-refractivity contribution in [3.8, 4) is 39.7 Å². The fourth-order valence-corrected chi connectivity index (χ4v) is 6.85. The Morgan fingerprint density at radius 2 is 1.70 bits per heavy atom. The fraction of sp³-hybridized carbons (Fsp3) is 0.120. The quantitative estimate of drug-likeness (QED) is 0.300. The maximum atomic E-state index is 14.2. The number of aromatic nitrogens is 7. The van der Waals surface area contributed by atoms with E-state index in [1.165, 1.54) is 25.4 Å². The molecule has 2 N–H and O–H groups in total. The predicted molar refractivity (Wildman–Crippen MR) is 145 cm³/mol. The lowest BCUT2D eigenvalue weighted by atomic mass is 10.0. The molecule has 0 aliphatic carbocycles. The standard InChI is InChI=1S/C25H20FN7O5S2/c1-38-15-5-13(4-14(26)6-15)18-9-27-10-21-16(18)7-20(30-21)24-17-8-19(28-11-22(17)31-32-24)23-12-29-25(39(2,34)35)33(23)40(3,36)37/h4-12,30H,1-3H3,(H,31,32). The van der Waals surface area contributed by atoms with Crippen molar-refractivity contribution in [2.45, 2.75) is 5.16 Å². The van der Waals surface area contributed by atoms with Gasteiger partial charge in [-0.25, -0.2) is 30.2 Å². The lowest BCUT2D eigenvalue weighted by Crippen LogP contribution is -2.18. The minimum atomic E-state index is -4.05. The monoisotopic (exact) mass is 581 g/mol. The molecule has 1 aromatic carbocycles. The number of H-pyrrole nitrogens is 2. The molecule has 12 nitrogen and oxygen atoms in total. The molecule has 0 aliphatic heterocycles. The fourth-order valence-electron chi connectivity index (χ4n) is 4.57. The van der Waals surface area contributed by atoms with Gasteiger partial charge in [-0.15, -0.1) is 0 Å². The molecule has 204 valence electrons. The zero-order valence-corrected chi connectivity index (χ0v) is 22.8. The van der Waals surface area contributed by atoms with Crippen LogP contribution in [-0.2, 0) is 19.9 Å². The van der Waals surface area contributed by atoms with Crippen LogP contribution >= 0.6 is 0 Å². The molecule has 15 heteroatoms.